The third-order valence-corrected chi connectivity index (χ3v) is 2.69. The number of carbonyl (C=O) groups is 1. The van der Waals surface area contributed by atoms with Gasteiger partial charge < -0.3 is 14.7 Å². The predicted molar refractivity (Wildman–Crippen MR) is 59.4 cm³/mol. The molecule has 0 aromatic heterocycles. The van der Waals surface area contributed by atoms with Crippen molar-refractivity contribution < 1.29 is 19.0 Å². The molecule has 4 nitrogen and oxygen atoms in total. The van der Waals surface area contributed by atoms with Crippen LogP contribution in [0.1, 0.15) is 16.8 Å². The number of carbonyl (C=O) groups excluding carboxylic acids is 1. The lowest BCUT2D eigenvalue weighted by Crippen LogP contribution is -2.33. The Morgan fingerprint density at radius 1 is 1.35 bits per heavy atom. The van der Waals surface area contributed by atoms with Gasteiger partial charge in [-0.2, -0.15) is 0 Å². The number of phenols is 1. The van der Waals surface area contributed by atoms with E-state index in [0.29, 0.717) is 26.3 Å². The van der Waals surface area contributed by atoms with E-state index in [2.05, 4.69) is 0 Å². The zero-order chi connectivity index (χ0) is 12.3. The van der Waals surface area contributed by atoms with Gasteiger partial charge in [0.25, 0.3) is 5.91 Å². The van der Waals surface area contributed by atoms with Crippen molar-refractivity contribution in [2.24, 2.45) is 0 Å². The average Bonchev–Trinajstić information content (AvgIpc) is 2.56. The van der Waals surface area contributed by atoms with E-state index in [-0.39, 0.29) is 17.2 Å². The maximum atomic E-state index is 13.5. The van der Waals surface area contributed by atoms with Crippen molar-refractivity contribution >= 4 is 5.91 Å². The van der Waals surface area contributed by atoms with Crippen molar-refractivity contribution in [3.05, 3.63) is 29.6 Å². The summed E-state index contributed by atoms with van der Waals surface area (Å²) in [7, 11) is 0. The molecule has 0 unspecified atom stereocenters. The Hall–Kier alpha value is -1.62. The summed E-state index contributed by atoms with van der Waals surface area (Å²) in [6.07, 6.45) is 0.755. The number of phenolic OH excluding ortho intramolecular Hbond substituents is 1. The summed E-state index contributed by atoms with van der Waals surface area (Å²) in [4.78, 5) is 13.6. The van der Waals surface area contributed by atoms with Gasteiger partial charge >= 0.3 is 0 Å². The molecule has 92 valence electrons. The molecular formula is C12H14FNO3. The Balaban J connectivity index is 2.17. The number of amides is 1. The highest BCUT2D eigenvalue weighted by molar-refractivity contribution is 5.94. The van der Waals surface area contributed by atoms with Gasteiger partial charge in [0, 0.05) is 25.8 Å². The maximum Gasteiger partial charge on any atom is 0.256 e. The lowest BCUT2D eigenvalue weighted by molar-refractivity contribution is 0.0736. The second kappa shape index (κ2) is 5.14. The van der Waals surface area contributed by atoms with Gasteiger partial charge in [-0.1, -0.05) is 0 Å². The van der Waals surface area contributed by atoms with Crippen LogP contribution in [0.4, 0.5) is 4.39 Å². The molecule has 1 aliphatic heterocycles. The predicted octanol–water partition coefficient (Wildman–Crippen LogP) is 1.39. The van der Waals surface area contributed by atoms with Gasteiger partial charge in [0.1, 0.15) is 11.6 Å². The molecule has 1 N–H and O–H groups in total. The molecule has 0 saturated carbocycles. The smallest absolute Gasteiger partial charge is 0.256 e. The van der Waals surface area contributed by atoms with Crippen LogP contribution < -0.4 is 0 Å². The first kappa shape index (κ1) is 11.9. The van der Waals surface area contributed by atoms with Crippen molar-refractivity contribution in [1.82, 2.24) is 4.90 Å². The van der Waals surface area contributed by atoms with E-state index in [1.807, 2.05) is 0 Å². The fourth-order valence-corrected chi connectivity index (χ4v) is 1.80. The van der Waals surface area contributed by atoms with E-state index < -0.39 is 5.82 Å². The Bertz CT molecular complexity index is 414. The quantitative estimate of drug-likeness (QED) is 0.805. The summed E-state index contributed by atoms with van der Waals surface area (Å²) in [6.45, 7) is 2.14. The Labute approximate surface area is 98.6 Å². The lowest BCUT2D eigenvalue weighted by Gasteiger charge is -2.19. The van der Waals surface area contributed by atoms with E-state index in [1.165, 1.54) is 12.1 Å². The zero-order valence-electron chi connectivity index (χ0n) is 9.36. The van der Waals surface area contributed by atoms with Crippen molar-refractivity contribution in [2.75, 3.05) is 26.3 Å². The third-order valence-electron chi connectivity index (χ3n) is 2.69. The van der Waals surface area contributed by atoms with E-state index in [9.17, 15) is 9.18 Å². The monoisotopic (exact) mass is 239 g/mol. The molecule has 1 saturated heterocycles. The van der Waals surface area contributed by atoms with Gasteiger partial charge in [-0.25, -0.2) is 4.39 Å². The Morgan fingerprint density at radius 3 is 2.94 bits per heavy atom. The highest BCUT2D eigenvalue weighted by atomic mass is 19.1. The number of ether oxygens (including phenoxy) is 1. The molecule has 2 rings (SSSR count). The SMILES string of the molecule is O=C(c1ccc(O)cc1F)N1CCCOCC1. The molecule has 1 heterocycles. The number of hydrogen-bond acceptors (Lipinski definition) is 3. The molecule has 1 aliphatic rings. The van der Waals surface area contributed by atoms with E-state index in [0.717, 1.165) is 12.5 Å². The fraction of sp³-hybridized carbons (Fsp3) is 0.417. The zero-order valence-corrected chi connectivity index (χ0v) is 9.36. The minimum atomic E-state index is -0.694. The molecule has 1 fully saturated rings. The van der Waals surface area contributed by atoms with Crippen LogP contribution in [0.2, 0.25) is 0 Å². The molecule has 17 heavy (non-hydrogen) atoms. The molecule has 0 bridgehead atoms. The molecule has 1 amide bonds. The number of rotatable bonds is 1. The first-order valence-electron chi connectivity index (χ1n) is 5.54. The van der Waals surface area contributed by atoms with Crippen LogP contribution in [0.5, 0.6) is 5.75 Å². The number of aromatic hydroxyl groups is 1. The molecular weight excluding hydrogens is 225 g/mol. The summed E-state index contributed by atoms with van der Waals surface area (Å²) in [6, 6.07) is 3.56. The van der Waals surface area contributed by atoms with Crippen LogP contribution in [0.15, 0.2) is 18.2 Å². The van der Waals surface area contributed by atoms with Gasteiger partial charge in [0.15, 0.2) is 0 Å². The van der Waals surface area contributed by atoms with Gasteiger partial charge in [0.2, 0.25) is 0 Å². The minimum Gasteiger partial charge on any atom is -0.508 e. The van der Waals surface area contributed by atoms with Crippen LogP contribution in [0.3, 0.4) is 0 Å². The molecule has 1 aromatic carbocycles. The molecule has 0 atom stereocenters. The van der Waals surface area contributed by atoms with Crippen molar-refractivity contribution in [3.8, 4) is 5.75 Å². The topological polar surface area (TPSA) is 49.8 Å². The summed E-state index contributed by atoms with van der Waals surface area (Å²) in [5.41, 5.74) is -0.00954. The summed E-state index contributed by atoms with van der Waals surface area (Å²) in [5, 5.41) is 9.09. The van der Waals surface area contributed by atoms with Crippen LogP contribution in [0.25, 0.3) is 0 Å². The molecule has 0 spiro atoms. The first-order valence-corrected chi connectivity index (χ1v) is 5.54. The Morgan fingerprint density at radius 2 is 2.18 bits per heavy atom. The maximum absolute atomic E-state index is 13.5. The highest BCUT2D eigenvalue weighted by Gasteiger charge is 2.20. The molecule has 5 heteroatoms. The summed E-state index contributed by atoms with van der Waals surface area (Å²) in [5.74, 6) is -1.23. The first-order chi connectivity index (χ1) is 8.18. The largest absolute Gasteiger partial charge is 0.508 e. The number of halogens is 1. The van der Waals surface area contributed by atoms with E-state index in [4.69, 9.17) is 9.84 Å². The van der Waals surface area contributed by atoms with Crippen molar-refractivity contribution in [2.45, 2.75) is 6.42 Å². The fourth-order valence-electron chi connectivity index (χ4n) is 1.80. The highest BCUT2D eigenvalue weighted by Crippen LogP contribution is 2.17. The van der Waals surface area contributed by atoms with Crippen molar-refractivity contribution in [1.29, 1.82) is 0 Å². The molecule has 1 aromatic rings. The molecule has 0 aliphatic carbocycles. The second-order valence-electron chi connectivity index (χ2n) is 3.92. The van der Waals surface area contributed by atoms with Crippen LogP contribution >= 0.6 is 0 Å². The van der Waals surface area contributed by atoms with Crippen LogP contribution in [-0.4, -0.2) is 42.2 Å². The average molecular weight is 239 g/mol. The number of hydrogen-bond donors (Lipinski definition) is 1. The van der Waals surface area contributed by atoms with Crippen LogP contribution in [-0.2, 0) is 4.74 Å². The third kappa shape index (κ3) is 2.74. The van der Waals surface area contributed by atoms with Gasteiger partial charge in [0.05, 0.1) is 12.2 Å². The minimum absolute atomic E-state index is 0.00954. The molecule has 0 radical (unpaired) electrons. The second-order valence-corrected chi connectivity index (χ2v) is 3.92. The summed E-state index contributed by atoms with van der Waals surface area (Å²) < 4.78 is 18.8. The normalized spacial score (nSPS) is 16.6. The number of nitrogens with zero attached hydrogens (tertiary/aromatic N) is 1. The summed E-state index contributed by atoms with van der Waals surface area (Å²) >= 11 is 0. The van der Waals surface area contributed by atoms with Gasteiger partial charge in [-0.3, -0.25) is 4.79 Å². The standard InChI is InChI=1S/C12H14FNO3/c13-11-8-9(15)2-3-10(11)12(16)14-4-1-6-17-7-5-14/h2-3,8,15H,1,4-7H2. The van der Waals surface area contributed by atoms with E-state index >= 15 is 0 Å². The van der Waals surface area contributed by atoms with Crippen LogP contribution in [0, 0.1) is 5.82 Å². The number of benzene rings is 1. The van der Waals surface area contributed by atoms with Gasteiger partial charge in [-0.15, -0.1) is 0 Å². The van der Waals surface area contributed by atoms with Crippen molar-refractivity contribution in [3.63, 3.8) is 0 Å². The lowest BCUT2D eigenvalue weighted by atomic mass is 10.1. The Kier molecular flexibility index (Phi) is 3.58. The van der Waals surface area contributed by atoms with Gasteiger partial charge in [-0.05, 0) is 18.6 Å². The van der Waals surface area contributed by atoms with E-state index in [1.54, 1.807) is 4.90 Å².